The zero-order valence-electron chi connectivity index (χ0n) is 13.4. The molecule has 0 bridgehead atoms. The van der Waals surface area contributed by atoms with Crippen LogP contribution in [0.15, 0.2) is 41.5 Å². The Bertz CT molecular complexity index is 697. The lowest BCUT2D eigenvalue weighted by atomic mass is 9.92. The first-order chi connectivity index (χ1) is 10.4. The molecule has 0 aliphatic carbocycles. The van der Waals surface area contributed by atoms with E-state index in [1.165, 1.54) is 5.69 Å². The summed E-state index contributed by atoms with van der Waals surface area (Å²) in [4.78, 5) is 18.3. The van der Waals surface area contributed by atoms with Crippen molar-refractivity contribution in [2.45, 2.75) is 32.7 Å². The molecule has 22 heavy (non-hydrogen) atoms. The molecule has 0 amide bonds. The molecule has 5 heteroatoms. The Morgan fingerprint density at radius 1 is 1.14 bits per heavy atom. The van der Waals surface area contributed by atoms with E-state index in [2.05, 4.69) is 35.8 Å². The Kier molecular flexibility index (Phi) is 3.72. The van der Waals surface area contributed by atoms with Crippen LogP contribution >= 0.6 is 0 Å². The largest absolute Gasteiger partial charge is 0.371 e. The van der Waals surface area contributed by atoms with E-state index in [9.17, 15) is 4.79 Å². The predicted octanol–water partition coefficient (Wildman–Crippen LogP) is 2.07. The summed E-state index contributed by atoms with van der Waals surface area (Å²) in [6, 6.07) is 7.50. The van der Waals surface area contributed by atoms with Gasteiger partial charge in [0.15, 0.2) is 0 Å². The van der Waals surface area contributed by atoms with E-state index in [1.54, 1.807) is 10.7 Å². The van der Waals surface area contributed by atoms with Crippen LogP contribution in [0.5, 0.6) is 0 Å². The molecule has 0 spiro atoms. The SMILES string of the molecule is CC(C)(C)c1ccc(=O)n(CC2CN(c3ccncc3)C2)n1. The molecule has 1 aliphatic heterocycles. The molecule has 3 heterocycles. The Labute approximate surface area is 130 Å². The Balaban J connectivity index is 1.67. The smallest absolute Gasteiger partial charge is 0.266 e. The summed E-state index contributed by atoms with van der Waals surface area (Å²) in [5, 5.41) is 4.54. The van der Waals surface area contributed by atoms with Gasteiger partial charge < -0.3 is 4.90 Å². The lowest BCUT2D eigenvalue weighted by Crippen LogP contribution is -2.49. The summed E-state index contributed by atoms with van der Waals surface area (Å²) >= 11 is 0. The van der Waals surface area contributed by atoms with Crippen molar-refractivity contribution < 1.29 is 0 Å². The lowest BCUT2D eigenvalue weighted by molar-refractivity contribution is 0.329. The van der Waals surface area contributed by atoms with Crippen LogP contribution in [-0.2, 0) is 12.0 Å². The van der Waals surface area contributed by atoms with Gasteiger partial charge >= 0.3 is 0 Å². The van der Waals surface area contributed by atoms with Gasteiger partial charge in [-0.25, -0.2) is 4.68 Å². The summed E-state index contributed by atoms with van der Waals surface area (Å²) in [6.07, 6.45) is 3.61. The molecule has 0 N–H and O–H groups in total. The third kappa shape index (κ3) is 3.03. The van der Waals surface area contributed by atoms with Crippen LogP contribution in [0.25, 0.3) is 0 Å². The highest BCUT2D eigenvalue weighted by molar-refractivity contribution is 5.47. The van der Waals surface area contributed by atoms with E-state index in [1.807, 2.05) is 30.6 Å². The molecule has 0 unspecified atom stereocenters. The Morgan fingerprint density at radius 3 is 2.45 bits per heavy atom. The molecule has 5 nitrogen and oxygen atoms in total. The van der Waals surface area contributed by atoms with Crippen LogP contribution in [0.3, 0.4) is 0 Å². The highest BCUT2D eigenvalue weighted by Gasteiger charge is 2.28. The van der Waals surface area contributed by atoms with E-state index >= 15 is 0 Å². The van der Waals surface area contributed by atoms with E-state index in [-0.39, 0.29) is 11.0 Å². The van der Waals surface area contributed by atoms with E-state index in [4.69, 9.17) is 0 Å². The van der Waals surface area contributed by atoms with Gasteiger partial charge in [-0.15, -0.1) is 0 Å². The molecule has 2 aromatic heterocycles. The second kappa shape index (κ2) is 5.55. The van der Waals surface area contributed by atoms with Gasteiger partial charge in [-0.05, 0) is 18.2 Å². The second-order valence-electron chi connectivity index (χ2n) is 6.97. The number of pyridine rings is 1. The number of nitrogens with zero attached hydrogens (tertiary/aromatic N) is 4. The minimum Gasteiger partial charge on any atom is -0.371 e. The number of anilines is 1. The molecular weight excluding hydrogens is 276 g/mol. The maximum atomic E-state index is 12.0. The zero-order valence-corrected chi connectivity index (χ0v) is 13.4. The summed E-state index contributed by atoms with van der Waals surface area (Å²) in [5.74, 6) is 0.466. The molecule has 2 aromatic rings. The Morgan fingerprint density at radius 2 is 1.82 bits per heavy atom. The fourth-order valence-corrected chi connectivity index (χ4v) is 2.68. The van der Waals surface area contributed by atoms with E-state index in [0.29, 0.717) is 12.5 Å². The number of hydrogen-bond acceptors (Lipinski definition) is 4. The average Bonchev–Trinajstić information content (AvgIpc) is 2.43. The van der Waals surface area contributed by atoms with Crippen LogP contribution in [0, 0.1) is 5.92 Å². The molecule has 116 valence electrons. The molecule has 1 fully saturated rings. The standard InChI is InChI=1S/C17H22N4O/c1-17(2,3)15-4-5-16(22)21(19-15)12-13-10-20(11-13)14-6-8-18-9-7-14/h4-9,13H,10-12H2,1-3H3. The minimum absolute atomic E-state index is 0.0182. The first-order valence-corrected chi connectivity index (χ1v) is 7.67. The van der Waals surface area contributed by atoms with Gasteiger partial charge in [0.25, 0.3) is 5.56 Å². The fraction of sp³-hybridized carbons (Fsp3) is 0.471. The Hall–Kier alpha value is -2.17. The third-order valence-corrected chi connectivity index (χ3v) is 4.05. The van der Waals surface area contributed by atoms with Crippen molar-refractivity contribution >= 4 is 5.69 Å². The van der Waals surface area contributed by atoms with Crippen molar-refractivity contribution in [1.29, 1.82) is 0 Å². The summed E-state index contributed by atoms with van der Waals surface area (Å²) < 4.78 is 1.62. The van der Waals surface area contributed by atoms with Gasteiger partial charge in [-0.1, -0.05) is 20.8 Å². The van der Waals surface area contributed by atoms with Gasteiger partial charge in [0, 0.05) is 48.6 Å². The molecular formula is C17H22N4O. The van der Waals surface area contributed by atoms with Gasteiger partial charge in [0.05, 0.1) is 12.2 Å². The fourth-order valence-electron chi connectivity index (χ4n) is 2.68. The van der Waals surface area contributed by atoms with E-state index < -0.39 is 0 Å². The molecule has 0 atom stereocenters. The number of hydrogen-bond donors (Lipinski definition) is 0. The summed E-state index contributed by atoms with van der Waals surface area (Å²) in [5.41, 5.74) is 2.08. The van der Waals surface area contributed by atoms with Crippen molar-refractivity contribution in [3.05, 3.63) is 52.7 Å². The number of aromatic nitrogens is 3. The quantitative estimate of drug-likeness (QED) is 0.870. The van der Waals surface area contributed by atoms with E-state index in [0.717, 1.165) is 18.8 Å². The second-order valence-corrected chi connectivity index (χ2v) is 6.97. The minimum atomic E-state index is -0.0435. The molecule has 3 rings (SSSR count). The van der Waals surface area contributed by atoms with Crippen molar-refractivity contribution in [2.75, 3.05) is 18.0 Å². The molecule has 1 saturated heterocycles. The normalized spacial score (nSPS) is 15.7. The average molecular weight is 298 g/mol. The number of rotatable bonds is 3. The monoisotopic (exact) mass is 298 g/mol. The van der Waals surface area contributed by atoms with Crippen molar-refractivity contribution in [3.8, 4) is 0 Å². The maximum Gasteiger partial charge on any atom is 0.266 e. The van der Waals surface area contributed by atoms with Gasteiger partial charge in [-0.3, -0.25) is 9.78 Å². The molecule has 0 saturated carbocycles. The molecule has 0 radical (unpaired) electrons. The van der Waals surface area contributed by atoms with Gasteiger partial charge in [-0.2, -0.15) is 5.10 Å². The van der Waals surface area contributed by atoms with Gasteiger partial charge in [0.2, 0.25) is 0 Å². The summed E-state index contributed by atoms with van der Waals surface area (Å²) in [6.45, 7) is 8.93. The van der Waals surface area contributed by atoms with Crippen LogP contribution < -0.4 is 10.5 Å². The highest BCUT2D eigenvalue weighted by Crippen LogP contribution is 2.24. The first kappa shape index (κ1) is 14.8. The molecule has 0 aromatic carbocycles. The lowest BCUT2D eigenvalue weighted by Gasteiger charge is -2.41. The van der Waals surface area contributed by atoms with Crippen molar-refractivity contribution in [2.24, 2.45) is 5.92 Å². The summed E-state index contributed by atoms with van der Waals surface area (Å²) in [7, 11) is 0. The zero-order chi connectivity index (χ0) is 15.7. The van der Waals surface area contributed by atoms with Crippen LogP contribution in [0.2, 0.25) is 0 Å². The molecule has 1 aliphatic rings. The topological polar surface area (TPSA) is 51.0 Å². The van der Waals surface area contributed by atoms with Crippen LogP contribution in [-0.4, -0.2) is 27.9 Å². The van der Waals surface area contributed by atoms with Crippen molar-refractivity contribution in [3.63, 3.8) is 0 Å². The van der Waals surface area contributed by atoms with Crippen molar-refractivity contribution in [1.82, 2.24) is 14.8 Å². The maximum absolute atomic E-state index is 12.0. The third-order valence-electron chi connectivity index (χ3n) is 4.05. The van der Waals surface area contributed by atoms with Gasteiger partial charge in [0.1, 0.15) is 0 Å². The first-order valence-electron chi connectivity index (χ1n) is 7.67. The highest BCUT2D eigenvalue weighted by atomic mass is 16.1. The van der Waals surface area contributed by atoms with Crippen LogP contribution in [0.1, 0.15) is 26.5 Å². The predicted molar refractivity (Wildman–Crippen MR) is 87.1 cm³/mol. The van der Waals surface area contributed by atoms with Crippen LogP contribution in [0.4, 0.5) is 5.69 Å².